The third kappa shape index (κ3) is 3.74. The van der Waals surface area contributed by atoms with E-state index in [2.05, 4.69) is 17.2 Å². The summed E-state index contributed by atoms with van der Waals surface area (Å²) >= 11 is 5.73. The van der Waals surface area contributed by atoms with Crippen molar-refractivity contribution in [2.75, 3.05) is 11.9 Å². The summed E-state index contributed by atoms with van der Waals surface area (Å²) in [4.78, 5) is 22.5. The highest BCUT2D eigenvalue weighted by Crippen LogP contribution is 2.14. The lowest BCUT2D eigenvalue weighted by molar-refractivity contribution is -0.136. The number of benzene rings is 1. The van der Waals surface area contributed by atoms with Gasteiger partial charge in [-0.2, -0.15) is 0 Å². The fourth-order valence-electron chi connectivity index (χ4n) is 0.999. The first kappa shape index (κ1) is 12.3. The summed E-state index contributed by atoms with van der Waals surface area (Å²) < 4.78 is 0. The second-order valence-corrected chi connectivity index (χ2v) is 3.40. The third-order valence-electron chi connectivity index (χ3n) is 1.70. The molecule has 0 saturated carbocycles. The first-order valence-electron chi connectivity index (χ1n) is 4.59. The molecule has 2 amide bonds. The Kier molecular flexibility index (Phi) is 4.54. The van der Waals surface area contributed by atoms with E-state index in [-0.39, 0.29) is 6.54 Å². The molecule has 0 aliphatic carbocycles. The van der Waals surface area contributed by atoms with Crippen LogP contribution >= 0.6 is 11.6 Å². The van der Waals surface area contributed by atoms with Crippen LogP contribution in [0.2, 0.25) is 5.02 Å². The zero-order chi connectivity index (χ0) is 12.0. The fraction of sp³-hybridized carbons (Fsp3) is 0.0909. The number of hydrogen-bond donors (Lipinski definition) is 2. The van der Waals surface area contributed by atoms with E-state index in [0.29, 0.717) is 10.7 Å². The van der Waals surface area contributed by atoms with Crippen molar-refractivity contribution in [2.24, 2.45) is 0 Å². The number of carbonyl (C=O) groups is 2. The summed E-state index contributed by atoms with van der Waals surface area (Å²) in [6.07, 6.45) is 1.49. The molecule has 0 bridgehead atoms. The highest BCUT2D eigenvalue weighted by atomic mass is 35.5. The zero-order valence-corrected chi connectivity index (χ0v) is 9.25. The molecule has 2 N–H and O–H groups in total. The average molecular weight is 239 g/mol. The van der Waals surface area contributed by atoms with Gasteiger partial charge in [-0.05, 0) is 18.2 Å². The smallest absolute Gasteiger partial charge is 0.313 e. The van der Waals surface area contributed by atoms with Gasteiger partial charge in [0.25, 0.3) is 0 Å². The van der Waals surface area contributed by atoms with Crippen LogP contribution in [0.3, 0.4) is 0 Å². The molecular weight excluding hydrogens is 228 g/mol. The number of amides is 2. The summed E-state index contributed by atoms with van der Waals surface area (Å²) in [5.74, 6) is -1.44. The maximum Gasteiger partial charge on any atom is 0.313 e. The van der Waals surface area contributed by atoms with Crippen molar-refractivity contribution in [1.82, 2.24) is 5.32 Å². The average Bonchev–Trinajstić information content (AvgIpc) is 2.25. The van der Waals surface area contributed by atoms with E-state index in [4.69, 9.17) is 11.6 Å². The third-order valence-corrected chi connectivity index (χ3v) is 1.93. The lowest BCUT2D eigenvalue weighted by Gasteiger charge is -2.04. The van der Waals surface area contributed by atoms with Crippen LogP contribution in [0, 0.1) is 0 Å². The summed E-state index contributed by atoms with van der Waals surface area (Å²) in [6.45, 7) is 3.68. The zero-order valence-electron chi connectivity index (χ0n) is 8.50. The van der Waals surface area contributed by atoms with Gasteiger partial charge in [0.05, 0.1) is 0 Å². The molecule has 0 unspecified atom stereocenters. The highest BCUT2D eigenvalue weighted by Gasteiger charge is 2.12. The Balaban J connectivity index is 2.57. The second-order valence-electron chi connectivity index (χ2n) is 2.96. The van der Waals surface area contributed by atoms with Crippen molar-refractivity contribution < 1.29 is 9.59 Å². The topological polar surface area (TPSA) is 58.2 Å². The van der Waals surface area contributed by atoms with Crippen LogP contribution in [0.1, 0.15) is 0 Å². The highest BCUT2D eigenvalue weighted by molar-refractivity contribution is 6.39. The van der Waals surface area contributed by atoms with E-state index in [1.54, 1.807) is 24.3 Å². The Morgan fingerprint density at radius 2 is 2.12 bits per heavy atom. The molecular formula is C11H11ClN2O2. The van der Waals surface area contributed by atoms with Crippen molar-refractivity contribution in [3.8, 4) is 0 Å². The molecule has 0 spiro atoms. The molecule has 84 valence electrons. The predicted molar refractivity (Wildman–Crippen MR) is 63.3 cm³/mol. The standard InChI is InChI=1S/C11H11ClN2O2/c1-2-6-13-10(15)11(16)14-9-5-3-4-8(12)7-9/h2-5,7H,1,6H2,(H,13,15)(H,14,16). The Morgan fingerprint density at radius 1 is 1.38 bits per heavy atom. The first-order chi connectivity index (χ1) is 7.63. The largest absolute Gasteiger partial charge is 0.344 e. The van der Waals surface area contributed by atoms with Gasteiger partial charge in [-0.15, -0.1) is 6.58 Å². The molecule has 4 nitrogen and oxygen atoms in total. The van der Waals surface area contributed by atoms with Gasteiger partial charge in [-0.3, -0.25) is 9.59 Å². The Bertz CT molecular complexity index is 418. The summed E-state index contributed by atoms with van der Waals surface area (Å²) in [7, 11) is 0. The predicted octanol–water partition coefficient (Wildman–Crippen LogP) is 1.58. The quantitative estimate of drug-likeness (QED) is 0.621. The normalized spacial score (nSPS) is 9.31. The van der Waals surface area contributed by atoms with E-state index in [1.165, 1.54) is 6.08 Å². The molecule has 0 aliphatic rings. The van der Waals surface area contributed by atoms with E-state index < -0.39 is 11.8 Å². The van der Waals surface area contributed by atoms with Gasteiger partial charge in [-0.1, -0.05) is 23.7 Å². The van der Waals surface area contributed by atoms with Gasteiger partial charge in [0.2, 0.25) is 0 Å². The molecule has 1 rings (SSSR count). The lowest BCUT2D eigenvalue weighted by atomic mass is 10.3. The molecule has 0 aromatic heterocycles. The van der Waals surface area contributed by atoms with Crippen molar-refractivity contribution in [3.63, 3.8) is 0 Å². The molecule has 0 radical (unpaired) electrons. The summed E-state index contributed by atoms with van der Waals surface area (Å²) in [6, 6.07) is 6.55. The van der Waals surface area contributed by atoms with Crippen LogP contribution in [0.25, 0.3) is 0 Å². The minimum Gasteiger partial charge on any atom is -0.344 e. The SMILES string of the molecule is C=CCNC(=O)C(=O)Nc1cccc(Cl)c1. The van der Waals surface area contributed by atoms with Crippen LogP contribution in [0.5, 0.6) is 0 Å². The second kappa shape index (κ2) is 5.92. The number of rotatable bonds is 3. The molecule has 1 aromatic carbocycles. The molecule has 0 heterocycles. The molecule has 16 heavy (non-hydrogen) atoms. The number of anilines is 1. The van der Waals surface area contributed by atoms with E-state index in [1.807, 2.05) is 0 Å². The Morgan fingerprint density at radius 3 is 2.75 bits per heavy atom. The number of carbonyl (C=O) groups excluding carboxylic acids is 2. The minimum atomic E-state index is -0.732. The number of nitrogens with one attached hydrogen (secondary N) is 2. The fourth-order valence-corrected chi connectivity index (χ4v) is 1.19. The molecule has 0 saturated heterocycles. The van der Waals surface area contributed by atoms with Gasteiger partial charge in [0, 0.05) is 17.3 Å². The van der Waals surface area contributed by atoms with E-state index in [0.717, 1.165) is 0 Å². The van der Waals surface area contributed by atoms with Crippen LogP contribution in [-0.2, 0) is 9.59 Å². The molecule has 0 aliphatic heterocycles. The van der Waals surface area contributed by atoms with Gasteiger partial charge < -0.3 is 10.6 Å². The molecule has 5 heteroatoms. The molecule has 0 fully saturated rings. The Hall–Kier alpha value is -1.81. The Labute approximate surface area is 98.3 Å². The molecule has 1 aromatic rings. The lowest BCUT2D eigenvalue weighted by Crippen LogP contribution is -2.35. The first-order valence-corrected chi connectivity index (χ1v) is 4.97. The summed E-state index contributed by atoms with van der Waals surface area (Å²) in [5, 5.41) is 5.28. The van der Waals surface area contributed by atoms with Crippen LogP contribution in [0.4, 0.5) is 5.69 Å². The number of halogens is 1. The van der Waals surface area contributed by atoms with Gasteiger partial charge in [-0.25, -0.2) is 0 Å². The van der Waals surface area contributed by atoms with Crippen LogP contribution in [-0.4, -0.2) is 18.4 Å². The van der Waals surface area contributed by atoms with E-state index in [9.17, 15) is 9.59 Å². The van der Waals surface area contributed by atoms with Crippen molar-refractivity contribution >= 4 is 29.1 Å². The van der Waals surface area contributed by atoms with Crippen molar-refractivity contribution in [3.05, 3.63) is 41.9 Å². The van der Waals surface area contributed by atoms with Crippen LogP contribution in [0.15, 0.2) is 36.9 Å². The maximum absolute atomic E-state index is 11.3. The van der Waals surface area contributed by atoms with Gasteiger partial charge >= 0.3 is 11.8 Å². The number of hydrogen-bond acceptors (Lipinski definition) is 2. The maximum atomic E-state index is 11.3. The van der Waals surface area contributed by atoms with Gasteiger partial charge in [0.15, 0.2) is 0 Å². The van der Waals surface area contributed by atoms with Crippen LogP contribution < -0.4 is 10.6 Å². The molecule has 0 atom stereocenters. The monoisotopic (exact) mass is 238 g/mol. The minimum absolute atomic E-state index is 0.252. The van der Waals surface area contributed by atoms with Gasteiger partial charge in [0.1, 0.15) is 0 Å². The van der Waals surface area contributed by atoms with Crippen molar-refractivity contribution in [1.29, 1.82) is 0 Å². The van der Waals surface area contributed by atoms with Crippen molar-refractivity contribution in [2.45, 2.75) is 0 Å². The van der Waals surface area contributed by atoms with E-state index >= 15 is 0 Å². The summed E-state index contributed by atoms with van der Waals surface area (Å²) in [5.41, 5.74) is 0.478.